The van der Waals surface area contributed by atoms with Crippen molar-refractivity contribution in [3.63, 3.8) is 0 Å². The third kappa shape index (κ3) is 16.6. The highest BCUT2D eigenvalue weighted by atomic mass is 16.5. The van der Waals surface area contributed by atoms with Crippen molar-refractivity contribution in [1.29, 1.82) is 0 Å². The van der Waals surface area contributed by atoms with E-state index in [9.17, 15) is 9.59 Å². The Balaban J connectivity index is 3.46. The lowest BCUT2D eigenvalue weighted by atomic mass is 10.1. The molecule has 0 radical (unpaired) electrons. The van der Waals surface area contributed by atoms with Crippen molar-refractivity contribution in [1.82, 2.24) is 21.3 Å². The summed E-state index contributed by atoms with van der Waals surface area (Å²) in [6.45, 7) is 4.12. The summed E-state index contributed by atoms with van der Waals surface area (Å²) in [6.07, 6.45) is 3.23. The number of carbonyl (C=O) groups is 2. The molecule has 0 spiro atoms. The van der Waals surface area contributed by atoms with Gasteiger partial charge in [-0.2, -0.15) is 0 Å². The van der Waals surface area contributed by atoms with Gasteiger partial charge in [0, 0.05) is 26.6 Å². The highest BCUT2D eigenvalue weighted by Crippen LogP contribution is 2.00. The number of ether oxygens (including phenoxy) is 3. The van der Waals surface area contributed by atoms with Gasteiger partial charge >= 0.3 is 0 Å². The van der Waals surface area contributed by atoms with Crippen LogP contribution in [0.1, 0.15) is 25.7 Å². The van der Waals surface area contributed by atoms with Gasteiger partial charge in [0.2, 0.25) is 11.8 Å². The van der Waals surface area contributed by atoms with Gasteiger partial charge in [0.1, 0.15) is 0 Å². The summed E-state index contributed by atoms with van der Waals surface area (Å²) in [5.41, 5.74) is 0. The molecule has 0 heterocycles. The van der Waals surface area contributed by atoms with E-state index >= 15 is 0 Å². The summed E-state index contributed by atoms with van der Waals surface area (Å²) in [4.78, 5) is 23.4. The molecular formula is C18H38N4O5. The van der Waals surface area contributed by atoms with E-state index in [1.165, 1.54) is 0 Å². The van der Waals surface area contributed by atoms with Gasteiger partial charge in [0.25, 0.3) is 0 Å². The average Bonchev–Trinajstić information content (AvgIpc) is 2.67. The minimum absolute atomic E-state index is 0.00558. The van der Waals surface area contributed by atoms with Gasteiger partial charge in [-0.25, -0.2) is 0 Å². The number of carbonyl (C=O) groups excluding carboxylic acids is 2. The Morgan fingerprint density at radius 1 is 0.852 bits per heavy atom. The summed E-state index contributed by atoms with van der Waals surface area (Å²) in [5.74, 6) is -0.0413. The number of amides is 2. The van der Waals surface area contributed by atoms with Crippen molar-refractivity contribution in [2.45, 2.75) is 31.7 Å². The normalized spacial score (nSPS) is 12.0. The Labute approximate surface area is 163 Å². The molecule has 1 unspecified atom stereocenters. The molecular weight excluding hydrogens is 352 g/mol. The number of methoxy groups -OCH3 is 1. The van der Waals surface area contributed by atoms with Crippen LogP contribution in [0, 0.1) is 0 Å². The zero-order chi connectivity index (χ0) is 20.2. The van der Waals surface area contributed by atoms with E-state index < -0.39 is 0 Å². The van der Waals surface area contributed by atoms with Crippen LogP contribution in [0.4, 0.5) is 0 Å². The Bertz CT molecular complexity index is 372. The zero-order valence-electron chi connectivity index (χ0n) is 17.1. The van der Waals surface area contributed by atoms with Crippen LogP contribution in [0.25, 0.3) is 0 Å². The fraction of sp³-hybridized carbons (Fsp3) is 0.889. The highest BCUT2D eigenvalue weighted by Gasteiger charge is 2.14. The van der Waals surface area contributed by atoms with E-state index in [-0.39, 0.29) is 17.9 Å². The molecule has 0 aliphatic rings. The van der Waals surface area contributed by atoms with Crippen LogP contribution in [-0.4, -0.2) is 91.7 Å². The van der Waals surface area contributed by atoms with Crippen LogP contribution < -0.4 is 21.3 Å². The van der Waals surface area contributed by atoms with Gasteiger partial charge in [-0.05, 0) is 33.5 Å². The maximum atomic E-state index is 12.1. The molecule has 27 heavy (non-hydrogen) atoms. The van der Waals surface area contributed by atoms with Gasteiger partial charge < -0.3 is 35.5 Å². The third-order valence-corrected chi connectivity index (χ3v) is 3.85. The maximum Gasteiger partial charge on any atom is 0.237 e. The van der Waals surface area contributed by atoms with Crippen LogP contribution in [0.15, 0.2) is 0 Å². The zero-order valence-corrected chi connectivity index (χ0v) is 17.1. The smallest absolute Gasteiger partial charge is 0.237 e. The number of hydrogen-bond acceptors (Lipinski definition) is 7. The first kappa shape index (κ1) is 25.7. The van der Waals surface area contributed by atoms with Crippen LogP contribution in [0.5, 0.6) is 0 Å². The number of likely N-dealkylation sites (N-methyl/N-ethyl adjacent to an activating group) is 1. The quantitative estimate of drug-likeness (QED) is 0.215. The second-order valence-electron chi connectivity index (χ2n) is 6.05. The van der Waals surface area contributed by atoms with E-state index in [1.807, 2.05) is 7.05 Å². The largest absolute Gasteiger partial charge is 0.384 e. The van der Waals surface area contributed by atoms with Crippen LogP contribution in [-0.2, 0) is 23.8 Å². The molecule has 0 aliphatic carbocycles. The molecule has 4 N–H and O–H groups in total. The second-order valence-corrected chi connectivity index (χ2v) is 6.05. The Hall–Kier alpha value is -1.26. The molecule has 9 nitrogen and oxygen atoms in total. The molecule has 0 aromatic heterocycles. The molecule has 1 atom stereocenters. The monoisotopic (exact) mass is 390 g/mol. The van der Waals surface area contributed by atoms with E-state index in [1.54, 1.807) is 14.2 Å². The molecule has 0 saturated carbocycles. The van der Waals surface area contributed by atoms with Gasteiger partial charge in [0.15, 0.2) is 0 Å². The molecule has 160 valence electrons. The Morgan fingerprint density at radius 2 is 1.52 bits per heavy atom. The summed E-state index contributed by atoms with van der Waals surface area (Å²) >= 11 is 0. The summed E-state index contributed by atoms with van der Waals surface area (Å²) in [6, 6.07) is -0.163. The molecule has 0 rings (SSSR count). The number of unbranched alkanes of at least 4 members (excludes halogenated alkanes) is 1. The highest BCUT2D eigenvalue weighted by molar-refractivity contribution is 5.81. The van der Waals surface area contributed by atoms with Gasteiger partial charge in [-0.15, -0.1) is 0 Å². The summed E-state index contributed by atoms with van der Waals surface area (Å²) in [5, 5.41) is 11.8. The molecule has 0 fully saturated rings. The van der Waals surface area contributed by atoms with E-state index in [4.69, 9.17) is 14.2 Å². The van der Waals surface area contributed by atoms with E-state index in [0.717, 1.165) is 25.8 Å². The van der Waals surface area contributed by atoms with Crippen LogP contribution in [0.3, 0.4) is 0 Å². The maximum absolute atomic E-state index is 12.1. The average molecular weight is 391 g/mol. The van der Waals surface area contributed by atoms with Crippen LogP contribution >= 0.6 is 0 Å². The van der Waals surface area contributed by atoms with Crippen molar-refractivity contribution < 1.29 is 23.8 Å². The molecule has 9 heteroatoms. The lowest BCUT2D eigenvalue weighted by molar-refractivity contribution is -0.124. The van der Waals surface area contributed by atoms with Crippen LogP contribution in [0.2, 0.25) is 0 Å². The Morgan fingerprint density at radius 3 is 2.11 bits per heavy atom. The summed E-state index contributed by atoms with van der Waals surface area (Å²) in [7, 11) is 5.29. The second kappa shape index (κ2) is 19.5. The fourth-order valence-corrected chi connectivity index (χ4v) is 2.29. The molecule has 0 saturated heterocycles. The van der Waals surface area contributed by atoms with E-state index in [2.05, 4.69) is 21.3 Å². The number of hydrogen-bond donors (Lipinski definition) is 4. The van der Waals surface area contributed by atoms with Gasteiger partial charge in [-0.1, -0.05) is 6.42 Å². The first-order valence-electron chi connectivity index (χ1n) is 9.66. The molecule has 0 aliphatic heterocycles. The van der Waals surface area contributed by atoms with Crippen molar-refractivity contribution in [3.8, 4) is 0 Å². The first-order chi connectivity index (χ1) is 13.2. The Kier molecular flexibility index (Phi) is 18.6. The van der Waals surface area contributed by atoms with E-state index in [0.29, 0.717) is 52.5 Å². The topological polar surface area (TPSA) is 110 Å². The lowest BCUT2D eigenvalue weighted by Gasteiger charge is -2.16. The lowest BCUT2D eigenvalue weighted by Crippen LogP contribution is -2.43. The third-order valence-electron chi connectivity index (χ3n) is 3.85. The predicted octanol–water partition coefficient (Wildman–Crippen LogP) is -0.734. The molecule has 0 aromatic carbocycles. The fourth-order valence-electron chi connectivity index (χ4n) is 2.29. The van der Waals surface area contributed by atoms with Gasteiger partial charge in [-0.3, -0.25) is 9.59 Å². The molecule has 2 amide bonds. The SMILES string of the molecule is CNCCCCC(NC)C(=O)NCCOCCOCCNC(=O)CCOC. The van der Waals surface area contributed by atoms with Crippen molar-refractivity contribution >= 4 is 11.8 Å². The number of nitrogens with one attached hydrogen (secondary N) is 4. The van der Waals surface area contributed by atoms with Gasteiger partial charge in [0.05, 0.1) is 39.1 Å². The molecule has 0 aromatic rings. The number of rotatable bonds is 19. The van der Waals surface area contributed by atoms with Crippen molar-refractivity contribution in [2.24, 2.45) is 0 Å². The minimum atomic E-state index is -0.163. The standard InChI is InChI=1S/C18H38N4O5/c1-19-8-5-4-6-16(20-2)18(24)22-10-13-27-15-14-26-12-9-21-17(23)7-11-25-3/h16,19-20H,4-15H2,1-3H3,(H,21,23)(H,22,24). The molecule has 0 bridgehead atoms. The van der Waals surface area contributed by atoms with Crippen molar-refractivity contribution in [2.75, 3.05) is 73.9 Å². The summed E-state index contributed by atoms with van der Waals surface area (Å²) < 4.78 is 15.6. The van der Waals surface area contributed by atoms with Crippen molar-refractivity contribution in [3.05, 3.63) is 0 Å². The first-order valence-corrected chi connectivity index (χ1v) is 9.66. The minimum Gasteiger partial charge on any atom is -0.384 e. The predicted molar refractivity (Wildman–Crippen MR) is 105 cm³/mol.